The molecule has 5 fully saturated rings. The van der Waals surface area contributed by atoms with Crippen LogP contribution in [0.3, 0.4) is 0 Å². The first-order chi connectivity index (χ1) is 11.0. The van der Waals surface area contributed by atoms with Crippen molar-refractivity contribution in [1.82, 2.24) is 0 Å². The number of Topliss-reactive ketones (excluding diaryl/α,β-unsaturated/α-hetero) is 1. The molecule has 4 saturated carbocycles. The SMILES string of the molecule is CC(=O)[C@H]1CC[C@H]2[C@@H]3CC[C@@H]4CC5(CC[C@@H]4[C@H]3CC[C@]12C)CO5. The minimum absolute atomic E-state index is 0.329. The Morgan fingerprint density at radius 1 is 0.957 bits per heavy atom. The van der Waals surface area contributed by atoms with Gasteiger partial charge in [0.2, 0.25) is 0 Å². The van der Waals surface area contributed by atoms with Gasteiger partial charge in [-0.25, -0.2) is 0 Å². The Hall–Kier alpha value is -0.370. The van der Waals surface area contributed by atoms with E-state index in [1.165, 1.54) is 57.8 Å². The molecule has 0 amide bonds. The van der Waals surface area contributed by atoms with Crippen molar-refractivity contribution in [3.8, 4) is 0 Å². The summed E-state index contributed by atoms with van der Waals surface area (Å²) >= 11 is 0. The number of ketones is 1. The van der Waals surface area contributed by atoms with Crippen molar-refractivity contribution in [2.75, 3.05) is 6.61 Å². The topological polar surface area (TPSA) is 29.6 Å². The van der Waals surface area contributed by atoms with Crippen LogP contribution in [0.25, 0.3) is 0 Å². The normalized spacial score (nSPS) is 57.5. The molecule has 0 aromatic rings. The van der Waals surface area contributed by atoms with E-state index in [0.29, 0.717) is 22.7 Å². The number of rotatable bonds is 1. The predicted octanol–water partition coefficient (Wildman–Crippen LogP) is 4.61. The van der Waals surface area contributed by atoms with Crippen molar-refractivity contribution < 1.29 is 9.53 Å². The lowest BCUT2D eigenvalue weighted by molar-refractivity contribution is -0.128. The average molecular weight is 316 g/mol. The highest BCUT2D eigenvalue weighted by Crippen LogP contribution is 2.65. The number of hydrogen-bond donors (Lipinski definition) is 0. The van der Waals surface area contributed by atoms with E-state index in [1.807, 2.05) is 6.92 Å². The second-order valence-corrected chi connectivity index (χ2v) is 9.94. The fraction of sp³-hybridized carbons (Fsp3) is 0.952. The molecule has 0 radical (unpaired) electrons. The highest BCUT2D eigenvalue weighted by Gasteiger charge is 2.60. The van der Waals surface area contributed by atoms with Crippen LogP contribution in [0.2, 0.25) is 0 Å². The number of fused-ring (bicyclic) bond motifs is 5. The van der Waals surface area contributed by atoms with E-state index in [9.17, 15) is 4.79 Å². The van der Waals surface area contributed by atoms with Gasteiger partial charge >= 0.3 is 0 Å². The van der Waals surface area contributed by atoms with Gasteiger partial charge < -0.3 is 4.74 Å². The van der Waals surface area contributed by atoms with Crippen LogP contribution in [0.4, 0.5) is 0 Å². The molecule has 23 heavy (non-hydrogen) atoms. The summed E-state index contributed by atoms with van der Waals surface area (Å²) in [6.45, 7) is 5.36. The van der Waals surface area contributed by atoms with Crippen LogP contribution < -0.4 is 0 Å². The third kappa shape index (κ3) is 2.06. The standard InChI is InChI=1S/C21H32O2/c1-13(22)18-5-6-19-17-4-3-14-11-21(12-23-21)10-8-15(14)16(17)7-9-20(18,19)2/h14-19H,3-12H2,1-2H3/t14-,15+,16-,17-,18-,19+,20-,21?/m1/s1. The van der Waals surface area contributed by atoms with Crippen molar-refractivity contribution in [2.45, 2.75) is 77.2 Å². The number of ether oxygens (including phenoxy) is 1. The number of hydrogen-bond acceptors (Lipinski definition) is 2. The summed E-state index contributed by atoms with van der Waals surface area (Å²) < 4.78 is 5.81. The molecule has 5 rings (SSSR count). The number of carbonyl (C=O) groups excluding carboxylic acids is 1. The summed E-state index contributed by atoms with van der Waals surface area (Å²) in [7, 11) is 0. The van der Waals surface area contributed by atoms with Gasteiger partial charge in [-0.1, -0.05) is 6.92 Å². The van der Waals surface area contributed by atoms with Crippen LogP contribution in [0.1, 0.15) is 71.6 Å². The van der Waals surface area contributed by atoms with Gasteiger partial charge in [0, 0.05) is 5.92 Å². The van der Waals surface area contributed by atoms with Crippen LogP contribution in [-0.4, -0.2) is 18.0 Å². The Morgan fingerprint density at radius 3 is 2.48 bits per heavy atom. The molecule has 2 nitrogen and oxygen atoms in total. The lowest BCUT2D eigenvalue weighted by Gasteiger charge is -2.56. The molecule has 0 bridgehead atoms. The van der Waals surface area contributed by atoms with E-state index in [-0.39, 0.29) is 0 Å². The summed E-state index contributed by atoms with van der Waals surface area (Å²) in [4.78, 5) is 12.2. The van der Waals surface area contributed by atoms with Crippen LogP contribution in [-0.2, 0) is 9.53 Å². The third-order valence-electron chi connectivity index (χ3n) is 9.13. The van der Waals surface area contributed by atoms with Gasteiger partial charge in [0.05, 0.1) is 12.2 Å². The molecule has 2 heteroatoms. The van der Waals surface area contributed by atoms with Crippen LogP contribution in [0.15, 0.2) is 0 Å². The Bertz CT molecular complexity index is 522. The second kappa shape index (κ2) is 4.84. The van der Waals surface area contributed by atoms with E-state index in [2.05, 4.69) is 6.92 Å². The largest absolute Gasteiger partial charge is 0.370 e. The highest BCUT2D eigenvalue weighted by atomic mass is 16.6. The van der Waals surface area contributed by atoms with Gasteiger partial charge in [-0.2, -0.15) is 0 Å². The molecule has 1 unspecified atom stereocenters. The molecule has 1 spiro atoms. The zero-order valence-electron chi connectivity index (χ0n) is 14.9. The molecule has 1 aliphatic heterocycles. The van der Waals surface area contributed by atoms with Gasteiger partial charge in [-0.3, -0.25) is 4.79 Å². The summed E-state index contributed by atoms with van der Waals surface area (Å²) in [5, 5.41) is 0. The van der Waals surface area contributed by atoms with Crippen molar-refractivity contribution in [3.05, 3.63) is 0 Å². The number of carbonyl (C=O) groups is 1. The van der Waals surface area contributed by atoms with E-state index in [4.69, 9.17) is 4.74 Å². The first kappa shape index (κ1) is 14.9. The molecule has 1 saturated heterocycles. The molecule has 8 atom stereocenters. The summed E-state index contributed by atoms with van der Waals surface area (Å²) in [5.74, 6) is 5.48. The molecule has 1 heterocycles. The maximum Gasteiger partial charge on any atom is 0.133 e. The van der Waals surface area contributed by atoms with E-state index < -0.39 is 0 Å². The van der Waals surface area contributed by atoms with Crippen molar-refractivity contribution in [1.29, 1.82) is 0 Å². The predicted molar refractivity (Wildman–Crippen MR) is 90.0 cm³/mol. The van der Waals surface area contributed by atoms with Gasteiger partial charge in [0.1, 0.15) is 5.78 Å². The molecular weight excluding hydrogens is 284 g/mol. The minimum atomic E-state index is 0.329. The zero-order chi connectivity index (χ0) is 15.8. The molecular formula is C21H32O2. The van der Waals surface area contributed by atoms with E-state index >= 15 is 0 Å². The van der Waals surface area contributed by atoms with E-state index in [1.54, 1.807) is 0 Å². The van der Waals surface area contributed by atoms with E-state index in [0.717, 1.165) is 36.2 Å². The van der Waals surface area contributed by atoms with Crippen molar-refractivity contribution in [2.24, 2.45) is 40.9 Å². The molecule has 0 aromatic carbocycles. The second-order valence-electron chi connectivity index (χ2n) is 9.94. The Balaban J connectivity index is 1.38. The molecule has 0 aromatic heterocycles. The smallest absolute Gasteiger partial charge is 0.133 e. The van der Waals surface area contributed by atoms with Crippen LogP contribution in [0.5, 0.6) is 0 Å². The summed E-state index contributed by atoms with van der Waals surface area (Å²) in [6, 6.07) is 0. The Morgan fingerprint density at radius 2 is 1.74 bits per heavy atom. The molecule has 128 valence electrons. The lowest BCUT2D eigenvalue weighted by atomic mass is 9.49. The van der Waals surface area contributed by atoms with Crippen LogP contribution >= 0.6 is 0 Å². The van der Waals surface area contributed by atoms with Gasteiger partial charge in [0.15, 0.2) is 0 Å². The number of epoxide rings is 1. The van der Waals surface area contributed by atoms with Crippen molar-refractivity contribution >= 4 is 5.78 Å². The first-order valence-corrected chi connectivity index (χ1v) is 10.2. The third-order valence-corrected chi connectivity index (χ3v) is 9.13. The highest BCUT2D eigenvalue weighted by molar-refractivity contribution is 5.79. The van der Waals surface area contributed by atoms with Crippen LogP contribution in [0, 0.1) is 40.9 Å². The Kier molecular flexibility index (Phi) is 3.14. The lowest BCUT2D eigenvalue weighted by Crippen LogP contribution is -2.49. The zero-order valence-corrected chi connectivity index (χ0v) is 14.9. The maximum absolute atomic E-state index is 12.2. The first-order valence-electron chi connectivity index (χ1n) is 10.2. The summed E-state index contributed by atoms with van der Waals surface area (Å²) in [5.41, 5.74) is 0.666. The maximum atomic E-state index is 12.2. The monoisotopic (exact) mass is 316 g/mol. The van der Waals surface area contributed by atoms with Crippen molar-refractivity contribution in [3.63, 3.8) is 0 Å². The van der Waals surface area contributed by atoms with Gasteiger partial charge in [-0.15, -0.1) is 0 Å². The van der Waals surface area contributed by atoms with Gasteiger partial charge in [0.25, 0.3) is 0 Å². The minimum Gasteiger partial charge on any atom is -0.370 e. The average Bonchev–Trinajstić information content (AvgIpc) is 3.16. The molecule has 0 N–H and O–H groups in total. The molecule has 5 aliphatic rings. The Labute approximate surface area is 140 Å². The fourth-order valence-electron chi connectivity index (χ4n) is 7.98. The fourth-order valence-corrected chi connectivity index (χ4v) is 7.98. The molecule has 4 aliphatic carbocycles. The van der Waals surface area contributed by atoms with Gasteiger partial charge in [-0.05, 0) is 99.7 Å². The quantitative estimate of drug-likeness (QED) is 0.661. The summed E-state index contributed by atoms with van der Waals surface area (Å²) in [6.07, 6.45) is 12.2.